The summed E-state index contributed by atoms with van der Waals surface area (Å²) in [5.41, 5.74) is 0.447. The Morgan fingerprint density at radius 3 is 2.54 bits per heavy atom. The minimum absolute atomic E-state index is 0.135. The van der Waals surface area contributed by atoms with Crippen molar-refractivity contribution in [2.75, 3.05) is 0 Å². The summed E-state index contributed by atoms with van der Waals surface area (Å²) >= 11 is 0. The second-order valence-electron chi connectivity index (χ2n) is 5.53. The van der Waals surface area contributed by atoms with Crippen LogP contribution in [-0.2, 0) is 9.53 Å². The Labute approximate surface area is 79.7 Å². The van der Waals surface area contributed by atoms with Gasteiger partial charge in [0.1, 0.15) is 6.10 Å². The number of rotatable bonds is 2. The maximum atomic E-state index is 10.4. The molecule has 0 aromatic carbocycles. The van der Waals surface area contributed by atoms with E-state index in [4.69, 9.17) is 4.74 Å². The van der Waals surface area contributed by atoms with Gasteiger partial charge in [0.25, 0.3) is 6.47 Å². The van der Waals surface area contributed by atoms with Crippen LogP contribution in [0.3, 0.4) is 0 Å². The van der Waals surface area contributed by atoms with Crippen LogP contribution in [0.1, 0.15) is 40.0 Å². The second-order valence-corrected chi connectivity index (χ2v) is 5.53. The topological polar surface area (TPSA) is 26.3 Å². The largest absolute Gasteiger partial charge is 0.463 e. The van der Waals surface area contributed by atoms with Gasteiger partial charge in [-0.3, -0.25) is 4.79 Å². The Morgan fingerprint density at radius 2 is 2.08 bits per heavy atom. The van der Waals surface area contributed by atoms with Crippen LogP contribution in [0.2, 0.25) is 0 Å². The van der Waals surface area contributed by atoms with Gasteiger partial charge in [0.05, 0.1) is 0 Å². The molecule has 0 N–H and O–H groups in total. The standard InChI is InChI=1S/C11H18O2/c1-10(2)8-4-5-11(3,6-8)9(10)13-7-12/h7-9H,4-6H2,1-3H3/t8-,9+,11+/m0/s1. The Morgan fingerprint density at radius 1 is 1.38 bits per heavy atom. The van der Waals surface area contributed by atoms with E-state index in [2.05, 4.69) is 20.8 Å². The minimum Gasteiger partial charge on any atom is -0.463 e. The van der Waals surface area contributed by atoms with Crippen molar-refractivity contribution in [3.8, 4) is 0 Å². The zero-order valence-corrected chi connectivity index (χ0v) is 8.67. The number of fused-ring (bicyclic) bond motifs is 2. The molecule has 2 heteroatoms. The Kier molecular flexibility index (Phi) is 1.73. The van der Waals surface area contributed by atoms with Crippen molar-refractivity contribution >= 4 is 6.47 Å². The number of ether oxygens (including phenoxy) is 1. The van der Waals surface area contributed by atoms with E-state index in [1.165, 1.54) is 19.3 Å². The summed E-state index contributed by atoms with van der Waals surface area (Å²) in [6.45, 7) is 7.35. The molecule has 0 radical (unpaired) electrons. The molecule has 74 valence electrons. The van der Waals surface area contributed by atoms with Gasteiger partial charge in [-0.2, -0.15) is 0 Å². The molecule has 2 fully saturated rings. The van der Waals surface area contributed by atoms with Crippen LogP contribution in [0, 0.1) is 16.7 Å². The van der Waals surface area contributed by atoms with Gasteiger partial charge in [0.15, 0.2) is 0 Å². The third-order valence-electron chi connectivity index (χ3n) is 4.33. The van der Waals surface area contributed by atoms with E-state index in [1.807, 2.05) is 0 Å². The minimum atomic E-state index is 0.135. The van der Waals surface area contributed by atoms with E-state index in [9.17, 15) is 4.79 Å². The maximum absolute atomic E-state index is 10.4. The smallest absolute Gasteiger partial charge is 0.293 e. The number of carbonyl (C=O) groups is 1. The van der Waals surface area contributed by atoms with Crippen LogP contribution in [0.4, 0.5) is 0 Å². The van der Waals surface area contributed by atoms with Crippen molar-refractivity contribution in [3.63, 3.8) is 0 Å². The maximum Gasteiger partial charge on any atom is 0.293 e. The molecule has 2 saturated carbocycles. The van der Waals surface area contributed by atoms with Gasteiger partial charge < -0.3 is 4.74 Å². The highest BCUT2D eigenvalue weighted by Gasteiger charge is 2.60. The van der Waals surface area contributed by atoms with Crippen molar-refractivity contribution < 1.29 is 9.53 Å². The average Bonchev–Trinajstić information content (AvgIpc) is 2.50. The molecule has 0 amide bonds. The molecular weight excluding hydrogens is 164 g/mol. The fraction of sp³-hybridized carbons (Fsp3) is 0.909. The van der Waals surface area contributed by atoms with Crippen molar-refractivity contribution in [2.45, 2.75) is 46.1 Å². The molecule has 0 aliphatic heterocycles. The molecule has 0 saturated heterocycles. The van der Waals surface area contributed by atoms with Crippen LogP contribution in [0.5, 0.6) is 0 Å². The fourth-order valence-corrected chi connectivity index (χ4v) is 3.65. The first-order valence-corrected chi connectivity index (χ1v) is 5.10. The summed E-state index contributed by atoms with van der Waals surface area (Å²) in [7, 11) is 0. The zero-order chi connectivity index (χ0) is 9.69. The Hall–Kier alpha value is -0.530. The third kappa shape index (κ3) is 1.04. The predicted octanol–water partition coefficient (Wildman–Crippen LogP) is 2.37. The quantitative estimate of drug-likeness (QED) is 0.613. The molecule has 3 atom stereocenters. The van der Waals surface area contributed by atoms with Gasteiger partial charge >= 0.3 is 0 Å². The summed E-state index contributed by atoms with van der Waals surface area (Å²) in [6.07, 6.45) is 3.90. The monoisotopic (exact) mass is 182 g/mol. The van der Waals surface area contributed by atoms with Gasteiger partial charge in [-0.15, -0.1) is 0 Å². The van der Waals surface area contributed by atoms with E-state index in [0.29, 0.717) is 6.47 Å². The summed E-state index contributed by atoms with van der Waals surface area (Å²) < 4.78 is 5.27. The first-order chi connectivity index (χ1) is 6.00. The van der Waals surface area contributed by atoms with Crippen molar-refractivity contribution in [1.82, 2.24) is 0 Å². The highest BCUT2D eigenvalue weighted by molar-refractivity contribution is 5.38. The lowest BCUT2D eigenvalue weighted by Crippen LogP contribution is -2.42. The van der Waals surface area contributed by atoms with Gasteiger partial charge in [-0.25, -0.2) is 0 Å². The van der Waals surface area contributed by atoms with Crippen molar-refractivity contribution in [1.29, 1.82) is 0 Å². The number of carbonyl (C=O) groups excluding carboxylic acids is 1. The SMILES string of the molecule is CC1(C)[C@H]2CC[C@](C)(C2)[C@@H]1OC=O. The molecule has 0 heterocycles. The Balaban J connectivity index is 2.28. The van der Waals surface area contributed by atoms with Crippen LogP contribution >= 0.6 is 0 Å². The summed E-state index contributed by atoms with van der Waals surface area (Å²) in [6, 6.07) is 0. The highest BCUT2D eigenvalue weighted by Crippen LogP contribution is 2.63. The molecule has 0 aromatic rings. The molecule has 0 unspecified atom stereocenters. The molecule has 2 aliphatic carbocycles. The fourth-order valence-electron chi connectivity index (χ4n) is 3.65. The molecule has 0 spiro atoms. The lowest BCUT2D eigenvalue weighted by atomic mass is 9.70. The van der Waals surface area contributed by atoms with E-state index in [-0.39, 0.29) is 16.9 Å². The molecule has 2 nitrogen and oxygen atoms in total. The molecule has 2 aliphatic rings. The van der Waals surface area contributed by atoms with Crippen LogP contribution in [0.25, 0.3) is 0 Å². The average molecular weight is 182 g/mol. The number of hydrogen-bond acceptors (Lipinski definition) is 2. The summed E-state index contributed by atoms with van der Waals surface area (Å²) in [5, 5.41) is 0. The molecule has 0 aromatic heterocycles. The second kappa shape index (κ2) is 2.49. The van der Waals surface area contributed by atoms with Crippen LogP contribution < -0.4 is 0 Å². The van der Waals surface area contributed by atoms with Gasteiger partial charge in [0.2, 0.25) is 0 Å². The molecule has 2 bridgehead atoms. The van der Waals surface area contributed by atoms with Crippen LogP contribution in [0.15, 0.2) is 0 Å². The zero-order valence-electron chi connectivity index (χ0n) is 8.67. The van der Waals surface area contributed by atoms with Gasteiger partial charge in [0, 0.05) is 10.8 Å². The normalized spacial score (nSPS) is 46.4. The van der Waals surface area contributed by atoms with E-state index in [0.717, 1.165) is 5.92 Å². The summed E-state index contributed by atoms with van der Waals surface area (Å²) in [5.74, 6) is 0.752. The first-order valence-electron chi connectivity index (χ1n) is 5.10. The van der Waals surface area contributed by atoms with Gasteiger partial charge in [-0.1, -0.05) is 20.8 Å². The molecule has 13 heavy (non-hydrogen) atoms. The first kappa shape index (κ1) is 9.04. The summed E-state index contributed by atoms with van der Waals surface area (Å²) in [4.78, 5) is 10.4. The van der Waals surface area contributed by atoms with E-state index in [1.54, 1.807) is 0 Å². The van der Waals surface area contributed by atoms with Gasteiger partial charge in [-0.05, 0) is 25.2 Å². The van der Waals surface area contributed by atoms with Crippen molar-refractivity contribution in [2.24, 2.45) is 16.7 Å². The van der Waals surface area contributed by atoms with Crippen molar-refractivity contribution in [3.05, 3.63) is 0 Å². The highest BCUT2D eigenvalue weighted by atomic mass is 16.5. The molecule has 2 rings (SSSR count). The lowest BCUT2D eigenvalue weighted by molar-refractivity contribution is -0.148. The Bertz CT molecular complexity index is 229. The van der Waals surface area contributed by atoms with E-state index >= 15 is 0 Å². The lowest BCUT2D eigenvalue weighted by Gasteiger charge is -2.40. The van der Waals surface area contributed by atoms with Crippen LogP contribution in [-0.4, -0.2) is 12.6 Å². The van der Waals surface area contributed by atoms with E-state index < -0.39 is 0 Å². The number of hydrogen-bond donors (Lipinski definition) is 0. The predicted molar refractivity (Wildman–Crippen MR) is 50.2 cm³/mol. The molecular formula is C11H18O2. The third-order valence-corrected chi connectivity index (χ3v) is 4.33.